The van der Waals surface area contributed by atoms with Gasteiger partial charge in [0.05, 0.1) is 43.8 Å². The number of allylic oxidation sites excluding steroid dienone is 2. The van der Waals surface area contributed by atoms with E-state index < -0.39 is 68.5 Å². The lowest BCUT2D eigenvalue weighted by Crippen LogP contribution is -2.28. The monoisotopic (exact) mass is 527 g/mol. The molecular weight excluding hydrogens is 510 g/mol. The van der Waals surface area contributed by atoms with Crippen LogP contribution in [0.2, 0.25) is 0 Å². The number of benzene rings is 1. The third-order valence-electron chi connectivity index (χ3n) is 3.54. The van der Waals surface area contributed by atoms with Crippen LogP contribution in [0.4, 0.5) is 18.9 Å². The number of hydrogen-bond donors (Lipinski definition) is 3. The van der Waals surface area contributed by atoms with Crippen LogP contribution in [0, 0.1) is 11.6 Å². The molecule has 0 aliphatic carbocycles. The Labute approximate surface area is 173 Å². The highest BCUT2D eigenvalue weighted by molar-refractivity contribution is 14.2. The fourth-order valence-electron chi connectivity index (χ4n) is 2.19. The largest absolute Gasteiger partial charge is 0.394 e. The minimum atomic E-state index is -1.45. The summed E-state index contributed by atoms with van der Waals surface area (Å²) < 4.78 is 46.4. The van der Waals surface area contributed by atoms with Gasteiger partial charge in [-0.05, 0) is 16.2 Å². The van der Waals surface area contributed by atoms with Crippen LogP contribution in [0.1, 0.15) is 15.9 Å². The van der Waals surface area contributed by atoms with E-state index in [9.17, 15) is 22.8 Å². The quantitative estimate of drug-likeness (QED) is 0.187. The number of hydroxylamine groups is 3. The lowest BCUT2D eigenvalue weighted by molar-refractivity contribution is -0.164. The number of nitrogens with one attached hydrogen (secondary N) is 2. The Morgan fingerprint density at radius 2 is 2.10 bits per heavy atom. The van der Waals surface area contributed by atoms with E-state index in [4.69, 9.17) is 9.94 Å². The zero-order valence-corrected chi connectivity index (χ0v) is 17.2. The summed E-state index contributed by atoms with van der Waals surface area (Å²) in [6, 6.07) is 0.982. The average molecular weight is 527 g/mol. The number of nitrogens with zero attached hydrogens (tertiary/aromatic N) is 1. The number of halogens is 4. The fraction of sp³-hybridized carbons (Fsp3) is 0.235. The first-order chi connectivity index (χ1) is 13.9. The third-order valence-corrected chi connectivity index (χ3v) is 5.22. The van der Waals surface area contributed by atoms with Crippen molar-refractivity contribution in [2.24, 2.45) is 0 Å². The summed E-state index contributed by atoms with van der Waals surface area (Å²) in [7, 11) is 1.15. The summed E-state index contributed by atoms with van der Waals surface area (Å²) in [5.41, 5.74) is 0.445. The van der Waals surface area contributed by atoms with E-state index in [-0.39, 0.29) is 24.3 Å². The Balaban J connectivity index is 2.50. The Hall–Kier alpha value is -2.29. The van der Waals surface area contributed by atoms with Crippen molar-refractivity contribution < 1.29 is 37.5 Å². The second kappa shape index (κ2) is 11.0. The first-order valence-corrected chi connectivity index (χ1v) is 10.5. The number of carbonyl (C=O) groups is 2. The molecule has 2 rings (SSSR count). The molecule has 0 fully saturated rings. The lowest BCUT2D eigenvalue weighted by Gasteiger charge is -2.19. The molecule has 1 aliphatic heterocycles. The van der Waals surface area contributed by atoms with Gasteiger partial charge in [0.2, 0.25) is 6.41 Å². The van der Waals surface area contributed by atoms with Crippen molar-refractivity contribution in [3.05, 3.63) is 50.5 Å². The fourth-order valence-corrected chi connectivity index (χ4v) is 3.62. The smallest absolute Gasteiger partial charge is 0.277 e. The summed E-state index contributed by atoms with van der Waals surface area (Å²) in [4.78, 5) is 32.7. The highest BCUT2D eigenvalue weighted by Crippen LogP contribution is 2.30. The van der Waals surface area contributed by atoms with Gasteiger partial charge in [0.1, 0.15) is 0 Å². The number of aliphatic hydroxyl groups is 1. The number of rotatable bonds is 10. The minimum Gasteiger partial charge on any atom is -0.394 e. The van der Waals surface area contributed by atoms with Crippen LogP contribution in [-0.2, 0) is 21.0 Å². The van der Waals surface area contributed by atoms with E-state index in [2.05, 4.69) is 10.2 Å². The molecule has 0 aromatic heterocycles. The van der Waals surface area contributed by atoms with Crippen LogP contribution < -0.4 is 10.8 Å². The first kappa shape index (κ1) is 23.0. The zero-order valence-electron chi connectivity index (χ0n) is 15.0. The van der Waals surface area contributed by atoms with E-state index in [1.165, 1.54) is 10.1 Å². The normalized spacial score (nSPS) is 13.1. The Morgan fingerprint density at radius 1 is 1.34 bits per heavy atom. The molecule has 1 heterocycles. The van der Waals surface area contributed by atoms with Crippen LogP contribution in [0.25, 0.3) is 0 Å². The molecule has 2 amide bonds. The zero-order chi connectivity index (χ0) is 21.4. The molecule has 1 aliphatic rings. The second-order valence-electron chi connectivity index (χ2n) is 5.37. The van der Waals surface area contributed by atoms with E-state index >= 15 is 0 Å². The number of amides is 2. The molecule has 12 heteroatoms. The molecular formula is C17H17F3IN3O5. The molecule has 0 radical (unpaired) electrons. The highest BCUT2D eigenvalue weighted by atomic mass is 127. The van der Waals surface area contributed by atoms with Crippen LogP contribution in [-0.4, -0.2) is 46.8 Å². The number of aliphatic hydroxyl groups excluding tert-OH is 1. The van der Waals surface area contributed by atoms with Gasteiger partial charge in [-0.3, -0.25) is 19.3 Å². The summed E-state index contributed by atoms with van der Waals surface area (Å²) in [5, 5.41) is 11.8. The van der Waals surface area contributed by atoms with Gasteiger partial charge in [-0.2, -0.15) is 0 Å². The molecule has 1 aromatic carbocycles. The first-order valence-electron chi connectivity index (χ1n) is 8.01. The highest BCUT2D eigenvalue weighted by Gasteiger charge is 2.25. The Bertz CT molecular complexity index is 876. The van der Waals surface area contributed by atoms with E-state index in [1.807, 2.05) is 5.48 Å². The molecule has 8 nitrogen and oxygen atoms in total. The molecule has 0 bridgehead atoms. The second-order valence-corrected chi connectivity index (χ2v) is 7.43. The number of anilines is 1. The summed E-state index contributed by atoms with van der Waals surface area (Å²) in [5.74, 6) is -4.43. The average Bonchev–Trinajstić information content (AvgIpc) is 2.72. The molecule has 0 unspecified atom stereocenters. The molecule has 0 saturated carbocycles. The molecule has 0 atom stereocenters. The topological polar surface area (TPSA) is 100 Å². The van der Waals surface area contributed by atoms with E-state index in [0.717, 1.165) is 13.2 Å². The predicted molar refractivity (Wildman–Crippen MR) is 106 cm³/mol. The summed E-state index contributed by atoms with van der Waals surface area (Å²) >= 11 is -0.616. The maximum Gasteiger partial charge on any atom is 0.277 e. The van der Waals surface area contributed by atoms with Crippen molar-refractivity contribution >= 4 is 42.7 Å². The van der Waals surface area contributed by atoms with Crippen molar-refractivity contribution in [2.75, 3.05) is 25.6 Å². The predicted octanol–water partition coefficient (Wildman–Crippen LogP) is 2.03. The van der Waals surface area contributed by atoms with Crippen molar-refractivity contribution in [3.8, 4) is 0 Å². The molecule has 3 N–H and O–H groups in total. The standard InChI is InChI=1S/C17H17F3IN3O5/c1-28-24(9-26)8-10-6-11(17(27)23-29-5-4-25)16(15(20)14(10)19)22-13-2-3-21-7-12(13)18/h2-3,6-7,9,22,25H,4-5,8H2,1H3,(H,23,27). The van der Waals surface area contributed by atoms with Gasteiger partial charge < -0.3 is 10.4 Å². The minimum absolute atomic E-state index is 0.140. The van der Waals surface area contributed by atoms with Gasteiger partial charge in [-0.1, -0.05) is 20.7 Å². The van der Waals surface area contributed by atoms with Crippen LogP contribution in [0.5, 0.6) is 0 Å². The van der Waals surface area contributed by atoms with Gasteiger partial charge in [0, 0.05) is 9.58 Å². The summed E-state index contributed by atoms with van der Waals surface area (Å²) in [6.07, 6.45) is 1.62. The molecule has 0 saturated heterocycles. The van der Waals surface area contributed by atoms with Crippen molar-refractivity contribution in [2.45, 2.75) is 6.54 Å². The van der Waals surface area contributed by atoms with Gasteiger partial charge >= 0.3 is 0 Å². The van der Waals surface area contributed by atoms with Crippen LogP contribution in [0.15, 0.2) is 27.7 Å². The summed E-state index contributed by atoms with van der Waals surface area (Å²) in [6.45, 7) is -1.12. The lowest BCUT2D eigenvalue weighted by atomic mass is 10.1. The third kappa shape index (κ3) is 5.85. The van der Waals surface area contributed by atoms with Gasteiger partial charge in [-0.15, -0.1) is 0 Å². The van der Waals surface area contributed by atoms with Crippen molar-refractivity contribution in [3.63, 3.8) is 0 Å². The molecule has 1 aromatic rings. The van der Waals surface area contributed by atoms with Crippen molar-refractivity contribution in [1.29, 1.82) is 0 Å². The molecule has 158 valence electrons. The Kier molecular flexibility index (Phi) is 8.75. The number of hydrogen-bond acceptors (Lipinski definition) is 6. The molecule has 0 spiro atoms. The maximum atomic E-state index is 14.8. The van der Waals surface area contributed by atoms with Gasteiger partial charge in [0.15, 0.2) is 17.5 Å². The SMILES string of the molecule is CON(C=O)Cc1cc(C(=O)NOCCO)c(NC2=C(F)C=IC=C2)c(F)c1F. The van der Waals surface area contributed by atoms with Crippen LogP contribution >= 0.6 is 20.7 Å². The van der Waals surface area contributed by atoms with Gasteiger partial charge in [-0.25, -0.2) is 23.7 Å². The van der Waals surface area contributed by atoms with Crippen molar-refractivity contribution in [1.82, 2.24) is 10.5 Å². The Morgan fingerprint density at radius 3 is 2.72 bits per heavy atom. The number of carbonyl (C=O) groups excluding carboxylic acids is 2. The van der Waals surface area contributed by atoms with Gasteiger partial charge in [0.25, 0.3) is 5.91 Å². The van der Waals surface area contributed by atoms with Crippen LogP contribution in [0.3, 0.4) is 0 Å². The molecule has 29 heavy (non-hydrogen) atoms. The van der Waals surface area contributed by atoms with E-state index in [1.54, 1.807) is 4.08 Å². The maximum absolute atomic E-state index is 14.8. The van der Waals surface area contributed by atoms with E-state index in [0.29, 0.717) is 5.06 Å².